The van der Waals surface area contributed by atoms with Crippen molar-refractivity contribution >= 4 is 11.5 Å². The third kappa shape index (κ3) is 4.97. The number of nitrogens with one attached hydrogen (secondary N) is 2. The zero-order valence-electron chi connectivity index (χ0n) is 17.2. The Bertz CT molecular complexity index is 1290. The minimum atomic E-state index is -4.52. The van der Waals surface area contributed by atoms with Crippen molar-refractivity contribution in [3.8, 4) is 11.6 Å². The second kappa shape index (κ2) is 9.06. The molecule has 0 atom stereocenters. The largest absolute Gasteiger partial charge is 0.495 e. The number of hydrogen-bond donors (Lipinski definition) is 2. The van der Waals surface area contributed by atoms with E-state index in [2.05, 4.69) is 35.9 Å². The Labute approximate surface area is 184 Å². The molecule has 170 valence electrons. The number of anilines is 2. The average molecular weight is 458 g/mol. The van der Waals surface area contributed by atoms with Crippen LogP contribution >= 0.6 is 0 Å². The Morgan fingerprint density at radius 2 is 2.00 bits per heavy atom. The van der Waals surface area contributed by atoms with Gasteiger partial charge in [-0.15, -0.1) is 10.2 Å². The Balaban J connectivity index is 1.55. The summed E-state index contributed by atoms with van der Waals surface area (Å²) in [6, 6.07) is 6.41. The van der Waals surface area contributed by atoms with Crippen LogP contribution in [0.4, 0.5) is 24.7 Å². The van der Waals surface area contributed by atoms with Crippen LogP contribution in [0.3, 0.4) is 0 Å². The molecule has 2 N–H and O–H groups in total. The summed E-state index contributed by atoms with van der Waals surface area (Å²) in [5.74, 6) is 0.760. The van der Waals surface area contributed by atoms with Crippen LogP contribution in [0.15, 0.2) is 53.7 Å². The normalized spacial score (nSPS) is 11.4. The van der Waals surface area contributed by atoms with Gasteiger partial charge >= 0.3 is 6.18 Å². The highest BCUT2D eigenvalue weighted by Gasteiger charge is 2.31. The third-order valence-corrected chi connectivity index (χ3v) is 4.71. The Kier molecular flexibility index (Phi) is 6.02. The number of benzene rings is 1. The van der Waals surface area contributed by atoms with Crippen LogP contribution in [0.2, 0.25) is 0 Å². The molecule has 4 rings (SSSR count). The summed E-state index contributed by atoms with van der Waals surface area (Å²) in [6.45, 7) is 0. The number of aryl methyl sites for hydroxylation is 2. The van der Waals surface area contributed by atoms with Crippen molar-refractivity contribution in [2.24, 2.45) is 0 Å². The number of nitrogens with zero attached hydrogens (tertiary/aromatic N) is 6. The summed E-state index contributed by atoms with van der Waals surface area (Å²) in [7, 11) is 1.24. The molecule has 3 heterocycles. The van der Waals surface area contributed by atoms with E-state index in [4.69, 9.17) is 4.74 Å². The molecule has 0 bridgehead atoms. The first-order valence-electron chi connectivity index (χ1n) is 9.62. The van der Waals surface area contributed by atoms with E-state index in [-0.39, 0.29) is 17.3 Å². The van der Waals surface area contributed by atoms with Crippen LogP contribution in [-0.2, 0) is 19.0 Å². The third-order valence-electron chi connectivity index (χ3n) is 4.71. The maximum absolute atomic E-state index is 13.0. The SMILES string of the molecule is COc1cc(C(F)(F)F)ccc1Nc1nccn(-c2ccc(CCc3nn[nH]n3)cn2)c1=O. The molecule has 0 unspecified atom stereocenters. The molecule has 0 aliphatic carbocycles. The van der Waals surface area contributed by atoms with Crippen molar-refractivity contribution in [3.05, 3.63) is 76.2 Å². The van der Waals surface area contributed by atoms with E-state index < -0.39 is 17.3 Å². The number of pyridine rings is 1. The fourth-order valence-corrected chi connectivity index (χ4v) is 3.03. The van der Waals surface area contributed by atoms with E-state index in [9.17, 15) is 18.0 Å². The maximum Gasteiger partial charge on any atom is 0.416 e. The molecular formula is C20H17F3N8O2. The van der Waals surface area contributed by atoms with Crippen LogP contribution in [-0.4, -0.2) is 42.3 Å². The number of rotatable bonds is 7. The highest BCUT2D eigenvalue weighted by atomic mass is 19.4. The molecule has 0 saturated heterocycles. The molecule has 0 aliphatic rings. The summed E-state index contributed by atoms with van der Waals surface area (Å²) in [5.41, 5.74) is -0.324. The molecule has 0 amide bonds. The van der Waals surface area contributed by atoms with Gasteiger partial charge in [0.25, 0.3) is 5.56 Å². The molecule has 33 heavy (non-hydrogen) atoms. The molecule has 13 heteroatoms. The summed E-state index contributed by atoms with van der Waals surface area (Å²) < 4.78 is 45.2. The van der Waals surface area contributed by atoms with Gasteiger partial charge in [0.2, 0.25) is 0 Å². The van der Waals surface area contributed by atoms with Gasteiger partial charge in [0.05, 0.1) is 18.4 Å². The minimum absolute atomic E-state index is 0.0782. The van der Waals surface area contributed by atoms with E-state index in [1.54, 1.807) is 12.3 Å². The quantitative estimate of drug-likeness (QED) is 0.433. The second-order valence-electron chi connectivity index (χ2n) is 6.84. The van der Waals surface area contributed by atoms with E-state index in [1.807, 2.05) is 6.07 Å². The van der Waals surface area contributed by atoms with Crippen LogP contribution in [0, 0.1) is 0 Å². The smallest absolute Gasteiger partial charge is 0.416 e. The van der Waals surface area contributed by atoms with Gasteiger partial charge in [-0.05, 0) is 36.2 Å². The monoisotopic (exact) mass is 458 g/mol. The van der Waals surface area contributed by atoms with Crippen molar-refractivity contribution in [2.45, 2.75) is 19.0 Å². The van der Waals surface area contributed by atoms with E-state index >= 15 is 0 Å². The molecular weight excluding hydrogens is 441 g/mol. The molecule has 1 aromatic carbocycles. The molecule has 0 fully saturated rings. The fraction of sp³-hybridized carbons (Fsp3) is 0.200. The van der Waals surface area contributed by atoms with E-state index in [1.165, 1.54) is 30.1 Å². The summed E-state index contributed by atoms with van der Waals surface area (Å²) >= 11 is 0. The lowest BCUT2D eigenvalue weighted by Gasteiger charge is -2.14. The van der Waals surface area contributed by atoms with Gasteiger partial charge in [-0.1, -0.05) is 11.3 Å². The van der Waals surface area contributed by atoms with Gasteiger partial charge in [-0.25, -0.2) is 9.97 Å². The number of halogens is 3. The van der Waals surface area contributed by atoms with Crippen molar-refractivity contribution in [1.82, 2.24) is 35.2 Å². The number of aromatic nitrogens is 7. The highest BCUT2D eigenvalue weighted by molar-refractivity contribution is 5.64. The molecule has 0 aliphatic heterocycles. The van der Waals surface area contributed by atoms with Crippen LogP contribution in [0.25, 0.3) is 5.82 Å². The summed E-state index contributed by atoms with van der Waals surface area (Å²) in [4.78, 5) is 21.2. The molecule has 0 saturated carbocycles. The van der Waals surface area contributed by atoms with Crippen molar-refractivity contribution in [2.75, 3.05) is 12.4 Å². The Morgan fingerprint density at radius 3 is 2.67 bits per heavy atom. The lowest BCUT2D eigenvalue weighted by molar-refractivity contribution is -0.137. The zero-order chi connectivity index (χ0) is 23.4. The summed E-state index contributed by atoms with van der Waals surface area (Å²) in [6.07, 6.45) is 1.15. The van der Waals surface area contributed by atoms with Gasteiger partial charge in [-0.2, -0.15) is 18.4 Å². The number of H-pyrrole nitrogens is 1. The average Bonchev–Trinajstić information content (AvgIpc) is 3.33. The Hall–Kier alpha value is -4.29. The number of methoxy groups -OCH3 is 1. The molecule has 3 aromatic heterocycles. The van der Waals surface area contributed by atoms with Crippen molar-refractivity contribution in [3.63, 3.8) is 0 Å². The first-order chi connectivity index (χ1) is 15.8. The summed E-state index contributed by atoms with van der Waals surface area (Å²) in [5, 5.41) is 16.4. The lowest BCUT2D eigenvalue weighted by atomic mass is 10.1. The predicted octanol–water partition coefficient (Wildman–Crippen LogP) is 2.70. The number of alkyl halides is 3. The predicted molar refractivity (Wildman–Crippen MR) is 110 cm³/mol. The van der Waals surface area contributed by atoms with Crippen molar-refractivity contribution < 1.29 is 17.9 Å². The van der Waals surface area contributed by atoms with E-state index in [0.29, 0.717) is 24.5 Å². The first-order valence-corrected chi connectivity index (χ1v) is 9.62. The topological polar surface area (TPSA) is 124 Å². The molecule has 4 aromatic rings. The second-order valence-corrected chi connectivity index (χ2v) is 6.84. The van der Waals surface area contributed by atoms with Gasteiger partial charge in [0.1, 0.15) is 11.6 Å². The van der Waals surface area contributed by atoms with E-state index in [0.717, 1.165) is 17.7 Å². The van der Waals surface area contributed by atoms with Gasteiger partial charge in [-0.3, -0.25) is 9.36 Å². The van der Waals surface area contributed by atoms with Crippen LogP contribution in [0.1, 0.15) is 17.0 Å². The minimum Gasteiger partial charge on any atom is -0.495 e. The highest BCUT2D eigenvalue weighted by Crippen LogP contribution is 2.35. The standard InChI is InChI=1S/C20H17F3N8O2/c1-33-15-10-13(20(21,22)23)4-5-14(15)26-18-19(32)31(9-8-24-18)17-7-3-12(11-25-17)2-6-16-27-29-30-28-16/h3-5,7-11H,2,6H2,1H3,(H,24,26)(H,27,28,29,30). The number of tetrazole rings is 1. The van der Waals surface area contributed by atoms with Gasteiger partial charge < -0.3 is 10.1 Å². The van der Waals surface area contributed by atoms with Crippen LogP contribution in [0.5, 0.6) is 5.75 Å². The fourth-order valence-electron chi connectivity index (χ4n) is 3.03. The Morgan fingerprint density at radius 1 is 1.15 bits per heavy atom. The zero-order valence-corrected chi connectivity index (χ0v) is 17.2. The van der Waals surface area contributed by atoms with Crippen LogP contribution < -0.4 is 15.6 Å². The maximum atomic E-state index is 13.0. The number of ether oxygens (including phenoxy) is 1. The van der Waals surface area contributed by atoms with Gasteiger partial charge in [0, 0.05) is 25.0 Å². The number of hydrogen-bond acceptors (Lipinski definition) is 8. The molecule has 0 radical (unpaired) electrons. The lowest BCUT2D eigenvalue weighted by Crippen LogP contribution is -2.22. The number of aromatic amines is 1. The van der Waals surface area contributed by atoms with Gasteiger partial charge in [0.15, 0.2) is 11.6 Å². The molecule has 0 spiro atoms. The first kappa shape index (κ1) is 21.9. The molecule has 10 nitrogen and oxygen atoms in total. The van der Waals surface area contributed by atoms with Crippen molar-refractivity contribution in [1.29, 1.82) is 0 Å².